The Morgan fingerprint density at radius 2 is 2.26 bits per heavy atom. The molecule has 0 aliphatic carbocycles. The van der Waals surface area contributed by atoms with E-state index >= 15 is 0 Å². The number of rotatable bonds is 4. The normalized spacial score (nSPS) is 11.9. The van der Waals surface area contributed by atoms with Crippen LogP contribution in [0.2, 0.25) is 0 Å². The van der Waals surface area contributed by atoms with Gasteiger partial charge in [0.1, 0.15) is 10.8 Å². The van der Waals surface area contributed by atoms with Gasteiger partial charge in [-0.3, -0.25) is 0 Å². The maximum Gasteiger partial charge on any atom is 0.376 e. The maximum absolute atomic E-state index is 11.4. The average molecular weight is 278 g/mol. The number of nitrogens with one attached hydrogen (secondary N) is 1. The molecule has 0 fully saturated rings. The first-order valence-electron chi connectivity index (χ1n) is 5.70. The molecule has 0 aliphatic heterocycles. The number of carbonyl (C=O) groups is 1. The van der Waals surface area contributed by atoms with Crippen molar-refractivity contribution in [3.63, 3.8) is 0 Å². The molecule has 7 heteroatoms. The van der Waals surface area contributed by atoms with Crippen LogP contribution in [0, 0.1) is 6.92 Å². The van der Waals surface area contributed by atoms with Crippen LogP contribution in [-0.2, 0) is 4.74 Å². The lowest BCUT2D eigenvalue weighted by Gasteiger charge is -2.12. The van der Waals surface area contributed by atoms with Gasteiger partial charge in [0, 0.05) is 23.3 Å². The van der Waals surface area contributed by atoms with Crippen LogP contribution >= 0.6 is 11.3 Å². The quantitative estimate of drug-likeness (QED) is 0.864. The molecule has 2 rings (SSSR count). The first-order chi connectivity index (χ1) is 9.10. The minimum atomic E-state index is -0.548. The first-order valence-corrected chi connectivity index (χ1v) is 6.58. The Labute approximate surface area is 114 Å². The minimum Gasteiger partial charge on any atom is -0.463 e. The van der Waals surface area contributed by atoms with Crippen LogP contribution in [-0.4, -0.2) is 28.0 Å². The van der Waals surface area contributed by atoms with Crippen LogP contribution in [0.5, 0.6) is 0 Å². The molecule has 1 atom stereocenters. The molecule has 2 aromatic rings. The molecule has 0 bridgehead atoms. The van der Waals surface area contributed by atoms with Crippen LogP contribution in [0.1, 0.15) is 34.3 Å². The van der Waals surface area contributed by atoms with Gasteiger partial charge in [0.2, 0.25) is 5.82 Å². The van der Waals surface area contributed by atoms with E-state index in [1.54, 1.807) is 30.5 Å². The number of methoxy groups -OCH3 is 1. The third-order valence-electron chi connectivity index (χ3n) is 2.41. The van der Waals surface area contributed by atoms with Crippen LogP contribution in [0.4, 0.5) is 5.82 Å². The molecule has 19 heavy (non-hydrogen) atoms. The van der Waals surface area contributed by atoms with Crippen molar-refractivity contribution in [1.82, 2.24) is 15.0 Å². The SMILES string of the molecule is COC(=O)c1nc(C)cc(NC(C)c2nccs2)n1. The van der Waals surface area contributed by atoms with Crippen LogP contribution < -0.4 is 5.32 Å². The highest BCUT2D eigenvalue weighted by molar-refractivity contribution is 7.09. The van der Waals surface area contributed by atoms with E-state index in [0.717, 1.165) is 5.01 Å². The van der Waals surface area contributed by atoms with Gasteiger partial charge in [-0.15, -0.1) is 11.3 Å². The Bertz CT molecular complexity index is 571. The Morgan fingerprint density at radius 1 is 1.47 bits per heavy atom. The monoisotopic (exact) mass is 278 g/mol. The van der Waals surface area contributed by atoms with Crippen LogP contribution in [0.3, 0.4) is 0 Å². The smallest absolute Gasteiger partial charge is 0.376 e. The summed E-state index contributed by atoms with van der Waals surface area (Å²) < 4.78 is 4.62. The van der Waals surface area contributed by atoms with Gasteiger partial charge < -0.3 is 10.1 Å². The number of thiazole rings is 1. The summed E-state index contributed by atoms with van der Waals surface area (Å²) in [5.74, 6) is 0.0839. The molecule has 6 nitrogen and oxygen atoms in total. The molecule has 0 radical (unpaired) electrons. The third kappa shape index (κ3) is 3.25. The molecule has 0 aliphatic rings. The number of hydrogen-bond acceptors (Lipinski definition) is 7. The second-order valence-corrected chi connectivity index (χ2v) is 4.87. The summed E-state index contributed by atoms with van der Waals surface area (Å²) in [6.07, 6.45) is 1.75. The van der Waals surface area contributed by atoms with Gasteiger partial charge in [-0.2, -0.15) is 0 Å². The van der Waals surface area contributed by atoms with Gasteiger partial charge in [-0.1, -0.05) is 0 Å². The molecule has 0 saturated carbocycles. The van der Waals surface area contributed by atoms with Gasteiger partial charge in [0.25, 0.3) is 0 Å². The Kier molecular flexibility index (Phi) is 4.06. The molecule has 2 aromatic heterocycles. The van der Waals surface area contributed by atoms with Crippen molar-refractivity contribution >= 4 is 23.1 Å². The Hall–Kier alpha value is -2.02. The van der Waals surface area contributed by atoms with E-state index in [2.05, 4.69) is 25.0 Å². The summed E-state index contributed by atoms with van der Waals surface area (Å²) >= 11 is 1.56. The van der Waals surface area contributed by atoms with Crippen molar-refractivity contribution < 1.29 is 9.53 Å². The van der Waals surface area contributed by atoms with E-state index in [9.17, 15) is 4.79 Å². The van der Waals surface area contributed by atoms with E-state index in [4.69, 9.17) is 0 Å². The fourth-order valence-electron chi connectivity index (χ4n) is 1.56. The second kappa shape index (κ2) is 5.75. The van der Waals surface area contributed by atoms with E-state index in [0.29, 0.717) is 11.5 Å². The highest BCUT2D eigenvalue weighted by Crippen LogP contribution is 2.20. The Morgan fingerprint density at radius 3 is 2.89 bits per heavy atom. The predicted molar refractivity (Wildman–Crippen MR) is 72.3 cm³/mol. The molecule has 0 aromatic carbocycles. The van der Waals surface area contributed by atoms with E-state index in [1.807, 2.05) is 12.3 Å². The summed E-state index contributed by atoms with van der Waals surface area (Å²) in [6, 6.07) is 1.79. The van der Waals surface area contributed by atoms with E-state index < -0.39 is 5.97 Å². The Balaban J connectivity index is 2.20. The van der Waals surface area contributed by atoms with Crippen molar-refractivity contribution in [3.05, 3.63) is 34.2 Å². The topological polar surface area (TPSA) is 77.0 Å². The lowest BCUT2D eigenvalue weighted by atomic mass is 10.3. The summed E-state index contributed by atoms with van der Waals surface area (Å²) in [4.78, 5) is 23.8. The number of nitrogens with zero attached hydrogens (tertiary/aromatic N) is 3. The van der Waals surface area contributed by atoms with E-state index in [1.165, 1.54) is 7.11 Å². The fourth-order valence-corrected chi connectivity index (χ4v) is 2.20. The zero-order valence-electron chi connectivity index (χ0n) is 10.9. The number of hydrogen-bond donors (Lipinski definition) is 1. The van der Waals surface area contributed by atoms with Crippen LogP contribution in [0.25, 0.3) is 0 Å². The van der Waals surface area contributed by atoms with Gasteiger partial charge in [-0.25, -0.2) is 19.7 Å². The summed E-state index contributed by atoms with van der Waals surface area (Å²) in [5.41, 5.74) is 0.698. The molecule has 100 valence electrons. The second-order valence-electron chi connectivity index (χ2n) is 3.95. The molecule has 2 heterocycles. The highest BCUT2D eigenvalue weighted by Gasteiger charge is 2.14. The zero-order valence-corrected chi connectivity index (χ0v) is 11.7. The van der Waals surface area contributed by atoms with Crippen molar-refractivity contribution in [2.24, 2.45) is 0 Å². The van der Waals surface area contributed by atoms with Crippen molar-refractivity contribution in [1.29, 1.82) is 0 Å². The number of aromatic nitrogens is 3. The summed E-state index contributed by atoms with van der Waals surface area (Å²) in [5, 5.41) is 6.06. The van der Waals surface area contributed by atoms with Gasteiger partial charge in [-0.05, 0) is 13.8 Å². The van der Waals surface area contributed by atoms with Gasteiger partial charge in [0.05, 0.1) is 13.2 Å². The van der Waals surface area contributed by atoms with Gasteiger partial charge in [0.15, 0.2) is 0 Å². The molecule has 0 spiro atoms. The first kappa shape index (κ1) is 13.4. The number of anilines is 1. The average Bonchev–Trinajstić information content (AvgIpc) is 2.91. The standard InChI is InChI=1S/C12H14N4O2S/c1-7-6-9(16-10(14-7)12(17)18-3)15-8(2)11-13-4-5-19-11/h4-6,8H,1-3H3,(H,14,15,16). The zero-order chi connectivity index (χ0) is 13.8. The van der Waals surface area contributed by atoms with Crippen molar-refractivity contribution in [2.75, 3.05) is 12.4 Å². The molecule has 0 saturated heterocycles. The molecular weight excluding hydrogens is 264 g/mol. The van der Waals surface area contributed by atoms with E-state index in [-0.39, 0.29) is 11.9 Å². The molecule has 0 amide bonds. The number of carbonyl (C=O) groups excluding carboxylic acids is 1. The molecule has 1 unspecified atom stereocenters. The van der Waals surface area contributed by atoms with Crippen molar-refractivity contribution in [2.45, 2.75) is 19.9 Å². The highest BCUT2D eigenvalue weighted by atomic mass is 32.1. The molecule has 1 N–H and O–H groups in total. The number of ether oxygens (including phenoxy) is 1. The third-order valence-corrected chi connectivity index (χ3v) is 3.37. The lowest BCUT2D eigenvalue weighted by molar-refractivity contribution is 0.0586. The lowest BCUT2D eigenvalue weighted by Crippen LogP contribution is -2.13. The molecular formula is C12H14N4O2S. The van der Waals surface area contributed by atoms with Gasteiger partial charge >= 0.3 is 5.97 Å². The predicted octanol–water partition coefficient (Wildman–Crippen LogP) is 2.20. The number of esters is 1. The summed E-state index contributed by atoms with van der Waals surface area (Å²) in [6.45, 7) is 3.78. The largest absolute Gasteiger partial charge is 0.463 e. The number of aryl methyl sites for hydroxylation is 1. The maximum atomic E-state index is 11.4. The summed E-state index contributed by atoms with van der Waals surface area (Å²) in [7, 11) is 1.30. The fraction of sp³-hybridized carbons (Fsp3) is 0.333. The van der Waals surface area contributed by atoms with Crippen molar-refractivity contribution in [3.8, 4) is 0 Å². The van der Waals surface area contributed by atoms with Crippen LogP contribution in [0.15, 0.2) is 17.6 Å². The minimum absolute atomic E-state index is 0.0137.